The Balaban J connectivity index is 2.36. The molecule has 2 rings (SSSR count). The largest absolute Gasteiger partial charge is 0.354 e. The summed E-state index contributed by atoms with van der Waals surface area (Å²) in [5, 5.41) is 0.745. The Kier molecular flexibility index (Phi) is 6.61. The quantitative estimate of drug-likeness (QED) is 0.452. The highest BCUT2D eigenvalue weighted by molar-refractivity contribution is 9.10. The second-order valence-corrected chi connectivity index (χ2v) is 10.7. The minimum atomic E-state index is -0.0208. The van der Waals surface area contributed by atoms with Crippen molar-refractivity contribution in [3.63, 3.8) is 0 Å². The summed E-state index contributed by atoms with van der Waals surface area (Å²) in [6.45, 7) is 15.0. The fourth-order valence-corrected chi connectivity index (χ4v) is 4.92. The van der Waals surface area contributed by atoms with Gasteiger partial charge in [0.2, 0.25) is 0 Å². The lowest BCUT2D eigenvalue weighted by molar-refractivity contribution is 0.0978. The van der Waals surface area contributed by atoms with Crippen LogP contribution in [0.5, 0.6) is 0 Å². The molecule has 1 heterocycles. The Morgan fingerprint density at radius 2 is 1.48 bits per heavy atom. The lowest BCUT2D eigenvalue weighted by Gasteiger charge is -2.29. The fourth-order valence-electron chi connectivity index (χ4n) is 3.07. The first-order valence-corrected chi connectivity index (χ1v) is 10.7. The van der Waals surface area contributed by atoms with Crippen LogP contribution in [0.15, 0.2) is 16.6 Å². The lowest BCUT2D eigenvalue weighted by atomic mass is 9.79. The Morgan fingerprint density at radius 1 is 1.00 bits per heavy atom. The highest BCUT2D eigenvalue weighted by Crippen LogP contribution is 2.39. The van der Waals surface area contributed by atoms with Crippen LogP contribution in [-0.4, -0.2) is 10.8 Å². The Morgan fingerprint density at radius 3 is 1.85 bits per heavy atom. The third kappa shape index (κ3) is 4.99. The number of H-pyrrole nitrogens is 1. The van der Waals surface area contributed by atoms with Crippen molar-refractivity contribution in [2.75, 3.05) is 0 Å². The summed E-state index contributed by atoms with van der Waals surface area (Å²) < 4.78 is 1.16. The second kappa shape index (κ2) is 7.93. The Bertz CT molecular complexity index is 835. The van der Waals surface area contributed by atoms with Crippen molar-refractivity contribution >= 4 is 44.9 Å². The zero-order valence-electron chi connectivity index (χ0n) is 17.1. The normalized spacial score (nSPS) is 12.5. The number of hydrogen-bond acceptors (Lipinski definition) is 1. The first kappa shape index (κ1) is 22.5. The molecule has 1 aromatic heterocycles. The smallest absolute Gasteiger partial charge is 0.180 e. The second-order valence-electron chi connectivity index (χ2n) is 9.18. The van der Waals surface area contributed by atoms with Gasteiger partial charge in [-0.1, -0.05) is 92.8 Å². The van der Waals surface area contributed by atoms with E-state index in [4.69, 9.17) is 23.2 Å². The summed E-state index contributed by atoms with van der Waals surface area (Å²) in [7, 11) is 0. The van der Waals surface area contributed by atoms with Crippen LogP contribution in [0.25, 0.3) is 0 Å². The van der Waals surface area contributed by atoms with Gasteiger partial charge in [-0.05, 0) is 40.9 Å². The molecule has 148 valence electrons. The summed E-state index contributed by atoms with van der Waals surface area (Å²) in [6, 6.07) is 4.42. The topological polar surface area (TPSA) is 32.9 Å². The van der Waals surface area contributed by atoms with Gasteiger partial charge >= 0.3 is 0 Å². The zero-order valence-corrected chi connectivity index (χ0v) is 20.2. The maximum absolute atomic E-state index is 12.7. The minimum absolute atomic E-state index is 0.00620. The molecular formula is C22H28BrCl2NO. The monoisotopic (exact) mass is 471 g/mol. The number of Topliss-reactive ketones (excluding diaryl/α,β-unsaturated/α-hetero) is 1. The number of hydrogen-bond donors (Lipinski definition) is 1. The van der Waals surface area contributed by atoms with E-state index in [0.29, 0.717) is 28.6 Å². The van der Waals surface area contributed by atoms with Crippen molar-refractivity contribution in [3.05, 3.63) is 54.7 Å². The first-order valence-electron chi connectivity index (χ1n) is 9.13. The molecule has 2 nitrogen and oxygen atoms in total. The van der Waals surface area contributed by atoms with Crippen molar-refractivity contribution in [1.29, 1.82) is 0 Å². The van der Waals surface area contributed by atoms with E-state index in [1.807, 2.05) is 6.92 Å². The number of aromatic amines is 1. The van der Waals surface area contributed by atoms with E-state index in [1.54, 1.807) is 0 Å². The van der Waals surface area contributed by atoms with Gasteiger partial charge in [0.15, 0.2) is 5.78 Å². The number of aromatic nitrogens is 1. The summed E-state index contributed by atoms with van der Waals surface area (Å²) in [6.07, 6.45) is 1.04. The maximum Gasteiger partial charge on any atom is 0.180 e. The molecule has 0 aliphatic rings. The van der Waals surface area contributed by atoms with Crippen molar-refractivity contribution in [1.82, 2.24) is 4.98 Å². The molecule has 0 fully saturated rings. The van der Waals surface area contributed by atoms with Crippen LogP contribution in [-0.2, 0) is 17.3 Å². The third-order valence-electron chi connectivity index (χ3n) is 4.72. The van der Waals surface area contributed by atoms with Gasteiger partial charge in [0.05, 0.1) is 10.0 Å². The van der Waals surface area contributed by atoms with Gasteiger partial charge in [0.1, 0.15) is 5.69 Å². The molecule has 2 aromatic rings. The first-order chi connectivity index (χ1) is 12.2. The molecule has 0 unspecified atom stereocenters. The van der Waals surface area contributed by atoms with E-state index < -0.39 is 0 Å². The molecule has 0 aliphatic heterocycles. The molecule has 1 N–H and O–H groups in total. The van der Waals surface area contributed by atoms with Gasteiger partial charge in [-0.2, -0.15) is 0 Å². The molecule has 0 saturated carbocycles. The van der Waals surface area contributed by atoms with Crippen LogP contribution in [0.3, 0.4) is 0 Å². The van der Waals surface area contributed by atoms with Gasteiger partial charge in [-0.15, -0.1) is 0 Å². The molecule has 0 bridgehead atoms. The molecule has 0 aliphatic carbocycles. The van der Waals surface area contributed by atoms with Crippen LogP contribution < -0.4 is 0 Å². The highest BCUT2D eigenvalue weighted by atomic mass is 79.9. The van der Waals surface area contributed by atoms with Crippen LogP contribution in [0.1, 0.15) is 80.8 Å². The lowest BCUT2D eigenvalue weighted by Crippen LogP contribution is -2.19. The summed E-state index contributed by atoms with van der Waals surface area (Å²) >= 11 is 16.1. The van der Waals surface area contributed by atoms with Gasteiger partial charge in [-0.25, -0.2) is 0 Å². The number of halogens is 3. The molecular weight excluding hydrogens is 445 g/mol. The van der Waals surface area contributed by atoms with Gasteiger partial charge in [0, 0.05) is 16.6 Å². The number of carbonyl (C=O) groups is 1. The molecule has 0 saturated heterocycles. The average molecular weight is 473 g/mol. The maximum atomic E-state index is 12.7. The summed E-state index contributed by atoms with van der Waals surface area (Å²) in [5.41, 5.74) is 4.82. The van der Waals surface area contributed by atoms with Crippen molar-refractivity contribution in [2.24, 2.45) is 0 Å². The minimum Gasteiger partial charge on any atom is -0.354 e. The molecule has 0 amide bonds. The van der Waals surface area contributed by atoms with E-state index in [1.165, 1.54) is 11.1 Å². The molecule has 0 atom stereocenters. The molecule has 0 spiro atoms. The fraction of sp³-hybridized carbons (Fsp3) is 0.500. The predicted octanol–water partition coefficient (Wildman–Crippen LogP) is 7.80. The van der Waals surface area contributed by atoms with Crippen LogP contribution in [0.4, 0.5) is 0 Å². The number of benzene rings is 1. The predicted molar refractivity (Wildman–Crippen MR) is 120 cm³/mol. The van der Waals surface area contributed by atoms with Gasteiger partial charge in [0.25, 0.3) is 0 Å². The summed E-state index contributed by atoms with van der Waals surface area (Å²) in [5.74, 6) is -0.0208. The SMILES string of the molecule is Cc1[nH]c(C(=O)CCc2cc(C(C)(C)C)c(Br)c(C(C)(C)C)c2)c(Cl)c1Cl. The summed E-state index contributed by atoms with van der Waals surface area (Å²) in [4.78, 5) is 15.7. The molecule has 5 heteroatoms. The van der Waals surface area contributed by atoms with E-state index in [9.17, 15) is 4.79 Å². The van der Waals surface area contributed by atoms with Crippen molar-refractivity contribution in [2.45, 2.75) is 72.1 Å². The van der Waals surface area contributed by atoms with Crippen LogP contribution >= 0.6 is 39.1 Å². The number of carbonyl (C=O) groups excluding carboxylic acids is 1. The third-order valence-corrected chi connectivity index (χ3v) is 6.52. The molecule has 1 aromatic carbocycles. The number of ketones is 1. The van der Waals surface area contributed by atoms with Gasteiger partial charge < -0.3 is 4.98 Å². The van der Waals surface area contributed by atoms with Crippen LogP contribution in [0, 0.1) is 6.92 Å². The Hall–Kier alpha value is -0.770. The zero-order chi connectivity index (χ0) is 20.7. The number of rotatable bonds is 4. The van der Waals surface area contributed by atoms with E-state index >= 15 is 0 Å². The van der Waals surface area contributed by atoms with E-state index in [0.717, 1.165) is 15.7 Å². The molecule has 0 radical (unpaired) electrons. The van der Waals surface area contributed by atoms with Crippen molar-refractivity contribution < 1.29 is 4.79 Å². The van der Waals surface area contributed by atoms with Gasteiger partial charge in [-0.3, -0.25) is 4.79 Å². The standard InChI is InChI=1S/C22H28BrCl2NO/c1-12-18(24)19(25)20(26-12)16(27)9-8-13-10-14(21(2,3)4)17(23)15(11-13)22(5,6)7/h10-11,26H,8-9H2,1-7H3. The van der Waals surface area contributed by atoms with E-state index in [2.05, 4.69) is 74.6 Å². The molecule has 27 heavy (non-hydrogen) atoms. The van der Waals surface area contributed by atoms with Crippen molar-refractivity contribution in [3.8, 4) is 0 Å². The highest BCUT2D eigenvalue weighted by Gasteiger charge is 2.26. The van der Waals surface area contributed by atoms with Crippen LogP contribution in [0.2, 0.25) is 10.0 Å². The number of aryl methyl sites for hydroxylation is 2. The average Bonchev–Trinajstić information content (AvgIpc) is 2.79. The van der Waals surface area contributed by atoms with E-state index in [-0.39, 0.29) is 16.6 Å². The Labute approximate surface area is 181 Å². The number of nitrogens with one attached hydrogen (secondary N) is 1.